The van der Waals surface area contributed by atoms with Crippen LogP contribution in [-0.2, 0) is 56.9 Å². The molecule has 4 aromatic carbocycles. The highest BCUT2D eigenvalue weighted by atomic mass is 32.2. The maximum absolute atomic E-state index is 14.2. The van der Waals surface area contributed by atoms with Gasteiger partial charge in [0.2, 0.25) is 17.7 Å². The van der Waals surface area contributed by atoms with Gasteiger partial charge in [-0.3, -0.25) is 53.5 Å². The first-order valence-corrected chi connectivity index (χ1v) is 38.3. The number of piperazine rings is 1. The Hall–Kier alpha value is -7.74. The van der Waals surface area contributed by atoms with E-state index >= 15 is 0 Å². The molecule has 0 radical (unpaired) electrons. The average Bonchev–Trinajstić information content (AvgIpc) is 1.12. The van der Waals surface area contributed by atoms with Gasteiger partial charge in [-0.2, -0.15) is 13.2 Å². The second-order valence-corrected chi connectivity index (χ2v) is 32.7. The fraction of sp³-hybridized carbons (Fsp3) is 0.521. The van der Waals surface area contributed by atoms with Crippen LogP contribution >= 0.6 is 11.8 Å². The van der Waals surface area contributed by atoms with Crippen LogP contribution in [-0.4, -0.2) is 189 Å². The van der Waals surface area contributed by atoms with Crippen molar-refractivity contribution in [3.05, 3.63) is 131 Å². The maximum atomic E-state index is 14.2. The van der Waals surface area contributed by atoms with Crippen molar-refractivity contribution in [3.63, 3.8) is 0 Å². The van der Waals surface area contributed by atoms with E-state index in [1.165, 1.54) is 100 Å². The number of fused-ring (bicyclic) bond motifs is 1. The molecule has 2 atom stereocenters. The van der Waals surface area contributed by atoms with Crippen molar-refractivity contribution in [2.24, 2.45) is 16.2 Å². The fourth-order valence-corrected chi connectivity index (χ4v) is 17.5. The molecule has 24 nitrogen and oxygen atoms in total. The molecule has 30 heteroatoms. The van der Waals surface area contributed by atoms with Crippen LogP contribution < -0.4 is 26.4 Å². The summed E-state index contributed by atoms with van der Waals surface area (Å²) in [5.74, 6) is -3.24. The summed E-state index contributed by atoms with van der Waals surface area (Å²) >= 11 is 1.38. The number of nitrogens with zero attached hydrogens (tertiary/aromatic N) is 7. The lowest BCUT2D eigenvalue weighted by atomic mass is 9.33. The van der Waals surface area contributed by atoms with E-state index in [-0.39, 0.29) is 79.7 Å². The first-order valence-electron chi connectivity index (χ1n) is 34.4. The number of amides is 6. The molecular formula is C71H91F3N12O12S3. The number of alkyl halides is 3. The number of imide groups is 2. The number of carbonyl (C=O) groups excluding carboxylic acids is 6. The van der Waals surface area contributed by atoms with Crippen molar-refractivity contribution in [3.8, 4) is 0 Å². The van der Waals surface area contributed by atoms with Crippen LogP contribution in [0.25, 0.3) is 0 Å². The van der Waals surface area contributed by atoms with Gasteiger partial charge >= 0.3 is 5.51 Å². The van der Waals surface area contributed by atoms with Gasteiger partial charge in [0.25, 0.3) is 37.6 Å². The molecule has 5 aromatic rings. The molecule has 5 fully saturated rings. The standard InChI is InChI=1S/C52H58F3N11O12S3.C19H33N/c53-52(54,55)80(73,74)44-30-39(81(75,76)61-48(69)34-11-13-35(56)14-12-34)15-16-41(44)58-36(33-79-38-6-2-1-3-7-38)19-22-63-23-25-64(26-24-63)46(68)10-5-21-65-31-37(60-62-65)32-78-29-28-77-27-20-57-42-9-4-8-40-47(42)51(72)66(50(40)71)43-17-18-45(67)59-49(43)70;1-6-20(7-2)11-15-8-9-17(3,4)10-16(15)19-12-18(5,13-19)14-19/h1-4,6-9,11-16,30-31,36,43,57-58H,5,10,17-29,32-33,56H2,(H,61,69)(H,59,67,70);6-14H2,1-5H3/t36-,43?;/m1./s1. The Morgan fingerprint density at radius 2 is 1.55 bits per heavy atom. The van der Waals surface area contributed by atoms with E-state index in [1.54, 1.807) is 32.6 Å². The summed E-state index contributed by atoms with van der Waals surface area (Å²) < 4.78 is 110. The van der Waals surface area contributed by atoms with Crippen LogP contribution in [0.4, 0.5) is 30.2 Å². The molecule has 1 aromatic heterocycles. The number of nitrogen functional groups attached to an aromatic ring is 1. The molecule has 6 amide bonds. The number of piperidine rings is 1. The molecule has 101 heavy (non-hydrogen) atoms. The Kier molecular flexibility index (Phi) is 24.3. The number of halogens is 3. The molecule has 6 N–H and O–H groups in total. The molecule has 0 spiro atoms. The van der Waals surface area contributed by atoms with Gasteiger partial charge in [-0.25, -0.2) is 21.6 Å². The van der Waals surface area contributed by atoms with Crippen molar-refractivity contribution in [1.29, 1.82) is 0 Å². The lowest BCUT2D eigenvalue weighted by Crippen LogP contribution is -2.61. The number of nitrogens with one attached hydrogen (secondary N) is 4. The van der Waals surface area contributed by atoms with Gasteiger partial charge in [-0.15, -0.1) is 16.9 Å². The molecule has 2 saturated heterocycles. The van der Waals surface area contributed by atoms with Crippen molar-refractivity contribution < 1.29 is 68.2 Å². The number of hydrogen-bond donors (Lipinski definition) is 5. The lowest BCUT2D eigenvalue weighted by molar-refractivity contribution is -0.167. The molecule has 1 unspecified atom stereocenters. The number of allylic oxidation sites excluding steroid dienone is 1. The summed E-state index contributed by atoms with van der Waals surface area (Å²) in [4.78, 5) is 82.5. The summed E-state index contributed by atoms with van der Waals surface area (Å²) in [6.07, 6.45) is 11.5. The zero-order chi connectivity index (χ0) is 72.5. The minimum atomic E-state index is -6.13. The molecule has 12 rings (SSSR count). The quantitative estimate of drug-likeness (QED) is 0.00909. The van der Waals surface area contributed by atoms with Gasteiger partial charge in [0.15, 0.2) is 0 Å². The Morgan fingerprint density at radius 1 is 0.842 bits per heavy atom. The van der Waals surface area contributed by atoms with Gasteiger partial charge in [-0.1, -0.05) is 75.2 Å². The van der Waals surface area contributed by atoms with Crippen molar-refractivity contribution in [1.82, 2.24) is 44.6 Å². The summed E-state index contributed by atoms with van der Waals surface area (Å²) in [6.45, 7) is 19.6. The normalized spacial score (nSPS) is 20.9. The van der Waals surface area contributed by atoms with Crippen LogP contribution in [0.15, 0.2) is 123 Å². The number of aromatic nitrogens is 3. The Balaban J connectivity index is 0.000000467. The first-order chi connectivity index (χ1) is 48.0. The molecule has 546 valence electrons. The topological polar surface area (TPSA) is 307 Å². The number of carbonyl (C=O) groups is 6. The second kappa shape index (κ2) is 32.3. The number of aryl methyl sites for hydroxylation is 1. The number of sulfone groups is 1. The van der Waals surface area contributed by atoms with E-state index in [0.717, 1.165) is 27.3 Å². The minimum Gasteiger partial charge on any atom is -0.399 e. The summed E-state index contributed by atoms with van der Waals surface area (Å²) in [6, 6.07) is 19.6. The predicted octanol–water partition coefficient (Wildman–Crippen LogP) is 8.93. The smallest absolute Gasteiger partial charge is 0.399 e. The van der Waals surface area contributed by atoms with Crippen LogP contribution in [0.3, 0.4) is 0 Å². The molecule has 3 saturated carbocycles. The number of hydrogen-bond acceptors (Lipinski definition) is 20. The van der Waals surface area contributed by atoms with Crippen LogP contribution in [0.1, 0.15) is 142 Å². The summed E-state index contributed by atoms with van der Waals surface area (Å²) in [5.41, 5.74) is 6.51. The first kappa shape index (κ1) is 75.9. The van der Waals surface area contributed by atoms with E-state index in [1.807, 2.05) is 41.5 Å². The third-order valence-electron chi connectivity index (χ3n) is 19.8. The highest BCUT2D eigenvalue weighted by Crippen LogP contribution is 2.77. The number of sulfonamides is 1. The summed E-state index contributed by atoms with van der Waals surface area (Å²) in [7, 11) is -11.0. The summed E-state index contributed by atoms with van der Waals surface area (Å²) in [5, 5.41) is 16.5. The van der Waals surface area contributed by atoms with E-state index in [4.69, 9.17) is 15.2 Å². The van der Waals surface area contributed by atoms with Gasteiger partial charge in [0, 0.05) is 98.8 Å². The Labute approximate surface area is 592 Å². The number of ether oxygens (including phenoxy) is 2. The lowest BCUT2D eigenvalue weighted by Gasteiger charge is -2.72. The monoisotopic (exact) mass is 1460 g/mol. The van der Waals surface area contributed by atoms with Crippen LogP contribution in [0, 0.1) is 16.2 Å². The van der Waals surface area contributed by atoms with Crippen molar-refractivity contribution in [2.45, 2.75) is 151 Å². The number of anilines is 3. The van der Waals surface area contributed by atoms with Gasteiger partial charge in [-0.05, 0) is 154 Å². The zero-order valence-corrected chi connectivity index (χ0v) is 60.2. The van der Waals surface area contributed by atoms with Gasteiger partial charge in [0.05, 0.1) is 54.3 Å². The molecular weight excluding hydrogens is 1370 g/mol. The Morgan fingerprint density at radius 3 is 2.24 bits per heavy atom. The third kappa shape index (κ3) is 18.6. The maximum Gasteiger partial charge on any atom is 0.501 e. The highest BCUT2D eigenvalue weighted by molar-refractivity contribution is 7.99. The molecule has 2 bridgehead atoms. The molecule has 4 heterocycles. The fourth-order valence-electron chi connectivity index (χ4n) is 14.5. The number of thioether (sulfide) groups is 1. The number of benzene rings is 4. The minimum absolute atomic E-state index is 0.0212. The largest absolute Gasteiger partial charge is 0.501 e. The third-order valence-corrected chi connectivity index (χ3v) is 23.8. The highest BCUT2D eigenvalue weighted by Gasteiger charge is 2.67. The SMILES string of the molecule is CCN(CC)CC1=C(C23CC(C)(C2)C3)CC(C)(C)CC1.Nc1ccc(C(=O)NS(=O)(=O)c2ccc(N[C@H](CCN3CCN(C(=O)CCCn4cc(COCCOCCNc5cccc6c5C(=O)N(C5CCC(=O)NC5=O)C6=O)nn4)CC3)CSc3ccccc3)c(S(=O)(=O)C(F)(F)F)c2)cc1. The van der Waals surface area contributed by atoms with E-state index < -0.39 is 82.5 Å². The van der Waals surface area contributed by atoms with Crippen molar-refractivity contribution in [2.75, 3.05) is 101 Å². The number of nitrogens with two attached hydrogens (primary N) is 1. The van der Waals surface area contributed by atoms with Crippen LogP contribution in [0.5, 0.6) is 0 Å². The zero-order valence-electron chi connectivity index (χ0n) is 57.7. The van der Waals surface area contributed by atoms with E-state index in [9.17, 15) is 58.8 Å². The second-order valence-electron chi connectivity index (χ2n) is 28.0. The van der Waals surface area contributed by atoms with E-state index in [0.29, 0.717) is 86.9 Å². The Bertz CT molecular complexity index is 4090. The van der Waals surface area contributed by atoms with E-state index in [2.05, 4.69) is 70.7 Å². The van der Waals surface area contributed by atoms with Gasteiger partial charge < -0.3 is 30.7 Å². The van der Waals surface area contributed by atoms with Crippen molar-refractivity contribution >= 4 is 84.1 Å². The van der Waals surface area contributed by atoms with Gasteiger partial charge in [0.1, 0.15) is 16.6 Å². The molecule has 4 aliphatic carbocycles. The predicted molar refractivity (Wildman–Crippen MR) is 376 cm³/mol. The molecule has 7 aliphatic rings. The number of rotatable bonds is 31. The average molecular weight is 1460 g/mol. The van der Waals surface area contributed by atoms with Crippen LogP contribution in [0.2, 0.25) is 0 Å². The number of likely N-dealkylation sites (N-methyl/N-ethyl adjacent to an activating group) is 1. The molecule has 3 aliphatic heterocycles.